The van der Waals surface area contributed by atoms with Crippen LogP contribution < -0.4 is 4.90 Å². The zero-order chi connectivity index (χ0) is 15.5. The minimum absolute atomic E-state index is 0.0171. The van der Waals surface area contributed by atoms with Gasteiger partial charge in [0.1, 0.15) is 0 Å². The van der Waals surface area contributed by atoms with Crippen molar-refractivity contribution in [2.75, 3.05) is 31.7 Å². The van der Waals surface area contributed by atoms with Crippen LogP contribution in [-0.2, 0) is 9.47 Å². The molecule has 0 bridgehead atoms. The molecule has 2 atom stereocenters. The van der Waals surface area contributed by atoms with Gasteiger partial charge in [-0.2, -0.15) is 4.98 Å². The molecule has 6 nitrogen and oxygen atoms in total. The van der Waals surface area contributed by atoms with E-state index in [1.165, 1.54) is 5.56 Å². The third-order valence-corrected chi connectivity index (χ3v) is 3.67. The summed E-state index contributed by atoms with van der Waals surface area (Å²) >= 11 is 0. The van der Waals surface area contributed by atoms with Crippen LogP contribution in [0.15, 0.2) is 28.8 Å². The van der Waals surface area contributed by atoms with E-state index in [0.717, 1.165) is 12.1 Å². The highest BCUT2D eigenvalue weighted by atomic mass is 16.5. The molecular formula is C16H21N3O3. The van der Waals surface area contributed by atoms with Gasteiger partial charge in [0.25, 0.3) is 0 Å². The molecule has 2 unspecified atom stereocenters. The molecule has 2 aromatic rings. The van der Waals surface area contributed by atoms with Crippen LogP contribution in [0.3, 0.4) is 0 Å². The maximum Gasteiger partial charge on any atom is 0.324 e. The van der Waals surface area contributed by atoms with E-state index < -0.39 is 0 Å². The molecule has 1 aliphatic heterocycles. The largest absolute Gasteiger partial charge is 0.382 e. The lowest BCUT2D eigenvalue weighted by molar-refractivity contribution is -0.0523. The molecule has 1 aliphatic rings. The van der Waals surface area contributed by atoms with Crippen molar-refractivity contribution in [1.82, 2.24) is 10.1 Å². The predicted octanol–water partition coefficient (Wildman–Crippen LogP) is 2.29. The SMILES string of the molecule is COCC1CN(c2nc(-c3ccc(C)cc3)no2)CC(C)O1. The molecule has 1 aromatic carbocycles. The number of hydrogen-bond donors (Lipinski definition) is 0. The molecule has 22 heavy (non-hydrogen) atoms. The van der Waals surface area contributed by atoms with E-state index >= 15 is 0 Å². The number of aromatic nitrogens is 2. The molecule has 0 radical (unpaired) electrons. The fourth-order valence-electron chi connectivity index (χ4n) is 2.64. The topological polar surface area (TPSA) is 60.6 Å². The van der Waals surface area contributed by atoms with Gasteiger partial charge in [-0.3, -0.25) is 0 Å². The second-order valence-corrected chi connectivity index (χ2v) is 5.70. The first-order valence-corrected chi connectivity index (χ1v) is 7.46. The maximum atomic E-state index is 5.83. The smallest absolute Gasteiger partial charge is 0.324 e. The number of methoxy groups -OCH3 is 1. The Morgan fingerprint density at radius 1 is 1.27 bits per heavy atom. The first-order valence-electron chi connectivity index (χ1n) is 7.46. The lowest BCUT2D eigenvalue weighted by Gasteiger charge is -2.35. The third kappa shape index (κ3) is 3.28. The molecular weight excluding hydrogens is 282 g/mol. The van der Waals surface area contributed by atoms with Crippen molar-refractivity contribution in [3.05, 3.63) is 29.8 Å². The Morgan fingerprint density at radius 3 is 2.77 bits per heavy atom. The van der Waals surface area contributed by atoms with Crippen LogP contribution in [0.25, 0.3) is 11.4 Å². The average Bonchev–Trinajstić information content (AvgIpc) is 2.97. The second-order valence-electron chi connectivity index (χ2n) is 5.70. The van der Waals surface area contributed by atoms with Crippen molar-refractivity contribution in [3.8, 4) is 11.4 Å². The van der Waals surface area contributed by atoms with E-state index in [4.69, 9.17) is 14.0 Å². The number of rotatable bonds is 4. The summed E-state index contributed by atoms with van der Waals surface area (Å²) in [5.74, 6) is 0.609. The zero-order valence-corrected chi connectivity index (χ0v) is 13.2. The number of anilines is 1. The van der Waals surface area contributed by atoms with Gasteiger partial charge in [0.05, 0.1) is 25.4 Å². The van der Waals surface area contributed by atoms with Crippen LogP contribution in [0.2, 0.25) is 0 Å². The molecule has 2 heterocycles. The van der Waals surface area contributed by atoms with E-state index in [0.29, 0.717) is 25.0 Å². The number of morpholine rings is 1. The Morgan fingerprint density at radius 2 is 2.05 bits per heavy atom. The molecule has 1 aromatic heterocycles. The monoisotopic (exact) mass is 303 g/mol. The first-order chi connectivity index (χ1) is 10.7. The van der Waals surface area contributed by atoms with Crippen molar-refractivity contribution in [1.29, 1.82) is 0 Å². The highest BCUT2D eigenvalue weighted by molar-refractivity contribution is 5.56. The van der Waals surface area contributed by atoms with Gasteiger partial charge in [0.15, 0.2) is 0 Å². The van der Waals surface area contributed by atoms with E-state index in [9.17, 15) is 0 Å². The summed E-state index contributed by atoms with van der Waals surface area (Å²) in [7, 11) is 1.68. The number of aryl methyl sites for hydroxylation is 1. The highest BCUT2D eigenvalue weighted by Gasteiger charge is 2.28. The van der Waals surface area contributed by atoms with Gasteiger partial charge < -0.3 is 18.9 Å². The van der Waals surface area contributed by atoms with Crippen molar-refractivity contribution < 1.29 is 14.0 Å². The molecule has 0 saturated carbocycles. The molecule has 0 N–H and O–H groups in total. The summed E-state index contributed by atoms with van der Waals surface area (Å²) in [4.78, 5) is 6.57. The average molecular weight is 303 g/mol. The van der Waals surface area contributed by atoms with E-state index in [2.05, 4.69) is 22.0 Å². The Labute approximate surface area is 130 Å². The van der Waals surface area contributed by atoms with Crippen molar-refractivity contribution in [2.45, 2.75) is 26.1 Å². The van der Waals surface area contributed by atoms with E-state index in [1.54, 1.807) is 7.11 Å². The van der Waals surface area contributed by atoms with Crippen LogP contribution in [0.5, 0.6) is 0 Å². The predicted molar refractivity (Wildman–Crippen MR) is 82.9 cm³/mol. The standard InChI is InChI=1S/C16H21N3O3/c1-11-4-6-13(7-5-11)15-17-16(22-18-15)19-8-12(2)21-14(9-19)10-20-3/h4-7,12,14H,8-10H2,1-3H3. The zero-order valence-electron chi connectivity index (χ0n) is 13.2. The van der Waals surface area contributed by atoms with Crippen LogP contribution in [0, 0.1) is 6.92 Å². The summed E-state index contributed by atoms with van der Waals surface area (Å²) in [6, 6.07) is 8.61. The summed E-state index contributed by atoms with van der Waals surface area (Å²) in [6.07, 6.45) is 0.118. The van der Waals surface area contributed by atoms with Crippen molar-refractivity contribution in [3.63, 3.8) is 0 Å². The fourth-order valence-corrected chi connectivity index (χ4v) is 2.64. The van der Waals surface area contributed by atoms with Crippen LogP contribution in [0.4, 0.5) is 6.01 Å². The molecule has 118 valence electrons. The molecule has 0 spiro atoms. The second kappa shape index (κ2) is 6.46. The lowest BCUT2D eigenvalue weighted by atomic mass is 10.1. The Balaban J connectivity index is 1.76. The molecule has 0 amide bonds. The number of ether oxygens (including phenoxy) is 2. The van der Waals surface area contributed by atoms with Gasteiger partial charge in [0.2, 0.25) is 5.82 Å². The van der Waals surface area contributed by atoms with Crippen LogP contribution >= 0.6 is 0 Å². The van der Waals surface area contributed by atoms with Gasteiger partial charge in [-0.25, -0.2) is 0 Å². The van der Waals surface area contributed by atoms with Gasteiger partial charge in [-0.1, -0.05) is 35.0 Å². The number of hydrogen-bond acceptors (Lipinski definition) is 6. The molecule has 1 fully saturated rings. The van der Waals surface area contributed by atoms with Crippen LogP contribution in [0.1, 0.15) is 12.5 Å². The van der Waals surface area contributed by atoms with E-state index in [-0.39, 0.29) is 12.2 Å². The highest BCUT2D eigenvalue weighted by Crippen LogP contribution is 2.23. The fraction of sp³-hybridized carbons (Fsp3) is 0.500. The maximum absolute atomic E-state index is 5.83. The Bertz CT molecular complexity index is 611. The minimum Gasteiger partial charge on any atom is -0.382 e. The summed E-state index contributed by atoms with van der Waals surface area (Å²) in [5.41, 5.74) is 2.16. The molecule has 3 rings (SSSR count). The normalized spacial score (nSPS) is 22.0. The number of nitrogens with zero attached hydrogens (tertiary/aromatic N) is 3. The quantitative estimate of drug-likeness (QED) is 0.863. The first kappa shape index (κ1) is 15.0. The molecule has 1 saturated heterocycles. The van der Waals surface area contributed by atoms with Crippen molar-refractivity contribution in [2.24, 2.45) is 0 Å². The van der Waals surface area contributed by atoms with Crippen LogP contribution in [-0.4, -0.2) is 49.2 Å². The lowest BCUT2D eigenvalue weighted by Crippen LogP contribution is -2.48. The number of benzene rings is 1. The van der Waals surface area contributed by atoms with Crippen molar-refractivity contribution >= 4 is 6.01 Å². The summed E-state index contributed by atoms with van der Waals surface area (Å²) < 4.78 is 16.4. The van der Waals surface area contributed by atoms with Gasteiger partial charge in [-0.05, 0) is 13.8 Å². The van der Waals surface area contributed by atoms with Gasteiger partial charge in [0, 0.05) is 19.2 Å². The van der Waals surface area contributed by atoms with Gasteiger partial charge >= 0.3 is 6.01 Å². The molecule has 6 heteroatoms. The summed E-state index contributed by atoms with van der Waals surface area (Å²) in [5, 5.41) is 4.09. The minimum atomic E-state index is 0.0171. The Hall–Kier alpha value is -1.92. The summed E-state index contributed by atoms with van der Waals surface area (Å²) in [6.45, 7) is 6.06. The van der Waals surface area contributed by atoms with E-state index in [1.807, 2.05) is 31.2 Å². The Kier molecular flexibility index (Phi) is 4.40. The van der Waals surface area contributed by atoms with Gasteiger partial charge in [-0.15, -0.1) is 0 Å². The third-order valence-electron chi connectivity index (χ3n) is 3.67. The molecule has 0 aliphatic carbocycles.